The maximum atomic E-state index is 5.74. The second kappa shape index (κ2) is 5.87. The van der Waals surface area contributed by atoms with Crippen molar-refractivity contribution in [1.82, 2.24) is 0 Å². The Morgan fingerprint density at radius 2 is 2.00 bits per heavy atom. The van der Waals surface area contributed by atoms with E-state index in [1.54, 1.807) is 6.08 Å². The van der Waals surface area contributed by atoms with E-state index in [1.165, 1.54) is 0 Å². The summed E-state index contributed by atoms with van der Waals surface area (Å²) in [5, 5.41) is 0.420. The number of ether oxygens (including phenoxy) is 1. The summed E-state index contributed by atoms with van der Waals surface area (Å²) in [5.41, 5.74) is 0.903. The van der Waals surface area contributed by atoms with Gasteiger partial charge in [0.05, 0.1) is 11.6 Å². The van der Waals surface area contributed by atoms with Gasteiger partial charge >= 0.3 is 0 Å². The highest BCUT2D eigenvalue weighted by Gasteiger charge is 2.02. The minimum Gasteiger partial charge on any atom is -0.492 e. The largest absolute Gasteiger partial charge is 0.492 e. The van der Waals surface area contributed by atoms with E-state index in [0.29, 0.717) is 23.3 Å². The van der Waals surface area contributed by atoms with Crippen LogP contribution in [0.3, 0.4) is 0 Å². The first-order chi connectivity index (χ1) is 5.93. The van der Waals surface area contributed by atoms with Crippen LogP contribution in [0.2, 0.25) is 0 Å². The maximum absolute atomic E-state index is 5.74. The number of hydrogen-bond donors (Lipinski definition) is 0. The van der Waals surface area contributed by atoms with Crippen LogP contribution in [0.4, 0.5) is 0 Å². The molecule has 0 aliphatic heterocycles. The molecule has 0 atom stereocenters. The fourth-order valence-electron chi connectivity index (χ4n) is 0.679. The topological polar surface area (TPSA) is 9.23 Å². The van der Waals surface area contributed by atoms with Gasteiger partial charge in [0, 0.05) is 0 Å². The van der Waals surface area contributed by atoms with Gasteiger partial charge in [-0.05, 0) is 18.9 Å². The molecule has 0 heterocycles. The highest BCUT2D eigenvalue weighted by atomic mass is 35.5. The Hall–Kier alpha value is -0.690. The maximum Gasteiger partial charge on any atom is 0.137 e. The third kappa shape index (κ3) is 6.47. The number of allylic oxidation sites excluding steroid dienone is 3. The van der Waals surface area contributed by atoms with Crippen LogP contribution in [-0.2, 0) is 4.74 Å². The Morgan fingerprint density at radius 1 is 1.46 bits per heavy atom. The summed E-state index contributed by atoms with van der Waals surface area (Å²) in [5.74, 6) is 1.09. The molecule has 2 heteroatoms. The van der Waals surface area contributed by atoms with Crippen LogP contribution in [0.15, 0.2) is 35.6 Å². The number of rotatable bonds is 5. The standard InChI is InChI=1S/C11H17ClO/c1-8(2)6-11(10(5)12)13-7-9(3)4/h6,9H,1,5,7H2,2-4H3/b11-6+. The number of hydrogen-bond acceptors (Lipinski definition) is 1. The molecule has 0 aromatic rings. The summed E-state index contributed by atoms with van der Waals surface area (Å²) in [6, 6.07) is 0. The van der Waals surface area contributed by atoms with Gasteiger partial charge < -0.3 is 4.74 Å². The zero-order valence-corrected chi connectivity index (χ0v) is 9.32. The quantitative estimate of drug-likeness (QED) is 0.484. The molecule has 0 unspecified atom stereocenters. The van der Waals surface area contributed by atoms with Crippen LogP contribution < -0.4 is 0 Å². The third-order valence-corrected chi connectivity index (χ3v) is 1.40. The van der Waals surface area contributed by atoms with E-state index in [0.717, 1.165) is 5.57 Å². The molecule has 0 radical (unpaired) electrons. The Labute approximate surface area is 85.7 Å². The van der Waals surface area contributed by atoms with Gasteiger partial charge in [0.2, 0.25) is 0 Å². The van der Waals surface area contributed by atoms with Crippen LogP contribution in [-0.4, -0.2) is 6.61 Å². The van der Waals surface area contributed by atoms with Crippen molar-refractivity contribution in [2.75, 3.05) is 6.61 Å². The van der Waals surface area contributed by atoms with Gasteiger partial charge in [-0.1, -0.05) is 44.2 Å². The minimum absolute atomic E-state index is 0.420. The van der Waals surface area contributed by atoms with Crippen molar-refractivity contribution >= 4 is 11.6 Å². The van der Waals surface area contributed by atoms with Crippen molar-refractivity contribution in [3.05, 3.63) is 35.6 Å². The molecule has 0 spiro atoms. The Morgan fingerprint density at radius 3 is 2.31 bits per heavy atom. The fraction of sp³-hybridized carbons (Fsp3) is 0.455. The fourth-order valence-corrected chi connectivity index (χ4v) is 0.788. The molecule has 0 aromatic carbocycles. The summed E-state index contributed by atoms with van der Waals surface area (Å²) in [6.07, 6.45) is 1.79. The molecular weight excluding hydrogens is 184 g/mol. The highest BCUT2D eigenvalue weighted by molar-refractivity contribution is 6.31. The average Bonchev–Trinajstić information content (AvgIpc) is 1.96. The second-order valence-corrected chi connectivity index (χ2v) is 3.92. The molecule has 0 rings (SSSR count). The van der Waals surface area contributed by atoms with E-state index < -0.39 is 0 Å². The molecule has 1 nitrogen and oxygen atoms in total. The lowest BCUT2D eigenvalue weighted by molar-refractivity contribution is 0.188. The molecule has 0 aromatic heterocycles. The zero-order valence-electron chi connectivity index (χ0n) is 8.56. The van der Waals surface area contributed by atoms with Gasteiger partial charge in [0.1, 0.15) is 5.76 Å². The Kier molecular flexibility index (Phi) is 5.56. The van der Waals surface area contributed by atoms with Gasteiger partial charge in [0.15, 0.2) is 0 Å². The van der Waals surface area contributed by atoms with E-state index in [9.17, 15) is 0 Å². The lowest BCUT2D eigenvalue weighted by Crippen LogP contribution is -2.02. The van der Waals surface area contributed by atoms with Gasteiger partial charge in [0.25, 0.3) is 0 Å². The number of halogens is 1. The predicted octanol–water partition coefficient (Wildman–Crippen LogP) is 3.87. The van der Waals surface area contributed by atoms with E-state index >= 15 is 0 Å². The SMILES string of the molecule is C=C(C)/C=C(/OCC(C)C)C(=C)Cl. The molecule has 0 saturated heterocycles. The molecule has 0 bridgehead atoms. The first-order valence-corrected chi connectivity index (χ1v) is 4.66. The summed E-state index contributed by atoms with van der Waals surface area (Å²) in [7, 11) is 0. The van der Waals surface area contributed by atoms with E-state index in [2.05, 4.69) is 27.0 Å². The third-order valence-electron chi connectivity index (χ3n) is 1.22. The molecule has 0 amide bonds. The Balaban J connectivity index is 4.28. The summed E-state index contributed by atoms with van der Waals surface area (Å²) >= 11 is 5.74. The lowest BCUT2D eigenvalue weighted by atomic mass is 10.2. The van der Waals surface area contributed by atoms with Gasteiger partial charge in [-0.15, -0.1) is 0 Å². The molecule has 0 N–H and O–H groups in total. The molecule has 13 heavy (non-hydrogen) atoms. The monoisotopic (exact) mass is 200 g/mol. The molecular formula is C11H17ClO. The van der Waals surface area contributed by atoms with Crippen molar-refractivity contribution < 1.29 is 4.74 Å². The van der Waals surface area contributed by atoms with E-state index in [1.807, 2.05) is 6.92 Å². The average molecular weight is 201 g/mol. The smallest absolute Gasteiger partial charge is 0.137 e. The van der Waals surface area contributed by atoms with Gasteiger partial charge in [-0.25, -0.2) is 0 Å². The van der Waals surface area contributed by atoms with Gasteiger partial charge in [-0.2, -0.15) is 0 Å². The van der Waals surface area contributed by atoms with Gasteiger partial charge in [-0.3, -0.25) is 0 Å². The molecule has 0 fully saturated rings. The first-order valence-electron chi connectivity index (χ1n) is 4.28. The van der Waals surface area contributed by atoms with E-state index in [-0.39, 0.29) is 0 Å². The molecule has 0 saturated carbocycles. The first kappa shape index (κ1) is 12.3. The van der Waals surface area contributed by atoms with Crippen LogP contribution >= 0.6 is 11.6 Å². The summed E-state index contributed by atoms with van der Waals surface area (Å²) in [6.45, 7) is 14.1. The van der Waals surface area contributed by atoms with E-state index in [4.69, 9.17) is 16.3 Å². The minimum atomic E-state index is 0.420. The molecule has 74 valence electrons. The normalized spacial score (nSPS) is 11.6. The summed E-state index contributed by atoms with van der Waals surface area (Å²) < 4.78 is 5.44. The van der Waals surface area contributed by atoms with Crippen molar-refractivity contribution in [1.29, 1.82) is 0 Å². The second-order valence-electron chi connectivity index (χ2n) is 3.46. The Bertz CT molecular complexity index is 226. The van der Waals surface area contributed by atoms with Crippen LogP contribution in [0, 0.1) is 5.92 Å². The zero-order chi connectivity index (χ0) is 10.4. The summed E-state index contributed by atoms with van der Waals surface area (Å²) in [4.78, 5) is 0. The van der Waals surface area contributed by atoms with Crippen LogP contribution in [0.1, 0.15) is 20.8 Å². The van der Waals surface area contributed by atoms with Crippen molar-refractivity contribution in [3.63, 3.8) is 0 Å². The van der Waals surface area contributed by atoms with Crippen molar-refractivity contribution in [2.45, 2.75) is 20.8 Å². The highest BCUT2D eigenvalue weighted by Crippen LogP contribution is 2.16. The van der Waals surface area contributed by atoms with Crippen molar-refractivity contribution in [2.24, 2.45) is 5.92 Å². The predicted molar refractivity (Wildman–Crippen MR) is 58.7 cm³/mol. The molecule has 0 aliphatic carbocycles. The van der Waals surface area contributed by atoms with Crippen molar-refractivity contribution in [3.8, 4) is 0 Å². The lowest BCUT2D eigenvalue weighted by Gasteiger charge is -2.11. The van der Waals surface area contributed by atoms with Crippen LogP contribution in [0.25, 0.3) is 0 Å². The molecule has 0 aliphatic rings. The van der Waals surface area contributed by atoms with Crippen LogP contribution in [0.5, 0.6) is 0 Å².